The molecule has 104 valence electrons. The van der Waals surface area contributed by atoms with Gasteiger partial charge in [-0.05, 0) is 51.7 Å². The van der Waals surface area contributed by atoms with Crippen LogP contribution >= 0.6 is 15.9 Å². The number of halogens is 2. The lowest BCUT2D eigenvalue weighted by molar-refractivity contribution is 0.102. The number of nitrogens with one attached hydrogen (secondary N) is 1. The summed E-state index contributed by atoms with van der Waals surface area (Å²) in [5.74, 6) is -0.635. The first-order chi connectivity index (χ1) is 9.49. The quantitative estimate of drug-likeness (QED) is 0.843. The van der Waals surface area contributed by atoms with E-state index >= 15 is 0 Å². The van der Waals surface area contributed by atoms with Crippen molar-refractivity contribution >= 4 is 27.5 Å². The molecular formula is C16H15BrFNO. The molecule has 2 rings (SSSR count). The molecule has 0 saturated carbocycles. The molecular weight excluding hydrogens is 321 g/mol. The molecule has 0 fully saturated rings. The Hall–Kier alpha value is -1.68. The van der Waals surface area contributed by atoms with Gasteiger partial charge in [0.05, 0.1) is 10.0 Å². The van der Waals surface area contributed by atoms with Gasteiger partial charge in [0.15, 0.2) is 0 Å². The van der Waals surface area contributed by atoms with Gasteiger partial charge in [0.2, 0.25) is 0 Å². The highest BCUT2D eigenvalue weighted by Crippen LogP contribution is 2.21. The molecule has 0 spiro atoms. The average Bonchev–Trinajstić information content (AvgIpc) is 2.42. The predicted molar refractivity (Wildman–Crippen MR) is 82.6 cm³/mol. The van der Waals surface area contributed by atoms with E-state index in [1.807, 2.05) is 18.2 Å². The number of anilines is 1. The summed E-state index contributed by atoms with van der Waals surface area (Å²) in [4.78, 5) is 12.1. The van der Waals surface area contributed by atoms with E-state index in [-0.39, 0.29) is 10.0 Å². The second kappa shape index (κ2) is 6.18. The predicted octanol–water partition coefficient (Wildman–Crippen LogP) is 4.96. The zero-order valence-corrected chi connectivity index (χ0v) is 12.9. The molecule has 2 aromatic carbocycles. The van der Waals surface area contributed by atoms with Crippen LogP contribution in [0.25, 0.3) is 0 Å². The summed E-state index contributed by atoms with van der Waals surface area (Å²) in [6.07, 6.45) is 0. The molecule has 0 unspecified atom stereocenters. The molecule has 0 radical (unpaired) electrons. The van der Waals surface area contributed by atoms with Crippen LogP contribution < -0.4 is 5.32 Å². The van der Waals surface area contributed by atoms with Gasteiger partial charge in [0.1, 0.15) is 5.82 Å². The third kappa shape index (κ3) is 3.25. The van der Waals surface area contributed by atoms with Gasteiger partial charge >= 0.3 is 0 Å². The zero-order valence-electron chi connectivity index (χ0n) is 11.3. The zero-order chi connectivity index (χ0) is 14.7. The second-order valence-corrected chi connectivity index (χ2v) is 5.69. The van der Waals surface area contributed by atoms with E-state index in [1.54, 1.807) is 18.2 Å². The van der Waals surface area contributed by atoms with Crippen molar-refractivity contribution < 1.29 is 9.18 Å². The Labute approximate surface area is 126 Å². The fourth-order valence-corrected chi connectivity index (χ4v) is 2.22. The topological polar surface area (TPSA) is 29.1 Å². The van der Waals surface area contributed by atoms with Gasteiger partial charge in [0.25, 0.3) is 5.91 Å². The minimum atomic E-state index is -0.551. The summed E-state index contributed by atoms with van der Waals surface area (Å²) >= 11 is 3.08. The maximum atomic E-state index is 13.9. The normalized spacial score (nSPS) is 10.7. The highest BCUT2D eigenvalue weighted by Gasteiger charge is 2.14. The lowest BCUT2D eigenvalue weighted by atomic mass is 10.0. The average molecular weight is 336 g/mol. The monoisotopic (exact) mass is 335 g/mol. The number of amides is 1. The molecule has 0 aliphatic rings. The smallest absolute Gasteiger partial charge is 0.258 e. The first kappa shape index (κ1) is 14.7. The van der Waals surface area contributed by atoms with E-state index in [4.69, 9.17) is 0 Å². The maximum absolute atomic E-state index is 13.9. The molecule has 0 aromatic heterocycles. The maximum Gasteiger partial charge on any atom is 0.258 e. The number of carbonyl (C=O) groups excluding carboxylic acids is 1. The van der Waals surface area contributed by atoms with Crippen molar-refractivity contribution in [3.05, 3.63) is 63.9 Å². The van der Waals surface area contributed by atoms with Crippen molar-refractivity contribution in [3.8, 4) is 0 Å². The van der Waals surface area contributed by atoms with Crippen molar-refractivity contribution in [1.82, 2.24) is 0 Å². The third-order valence-electron chi connectivity index (χ3n) is 3.01. The summed E-state index contributed by atoms with van der Waals surface area (Å²) in [6.45, 7) is 4.16. The molecule has 0 aliphatic heterocycles. The van der Waals surface area contributed by atoms with Gasteiger partial charge in [0, 0.05) is 5.69 Å². The van der Waals surface area contributed by atoms with E-state index in [1.165, 1.54) is 6.07 Å². The molecule has 0 saturated heterocycles. The molecule has 0 atom stereocenters. The van der Waals surface area contributed by atoms with Crippen LogP contribution in [-0.4, -0.2) is 5.91 Å². The van der Waals surface area contributed by atoms with Crippen LogP contribution in [0.1, 0.15) is 35.7 Å². The van der Waals surface area contributed by atoms with Crippen LogP contribution in [-0.2, 0) is 0 Å². The summed E-state index contributed by atoms with van der Waals surface area (Å²) in [5, 5.41) is 2.72. The molecule has 2 nitrogen and oxygen atoms in total. The molecule has 1 amide bonds. The highest BCUT2D eigenvalue weighted by molar-refractivity contribution is 9.10. The van der Waals surface area contributed by atoms with Gasteiger partial charge < -0.3 is 5.32 Å². The van der Waals surface area contributed by atoms with E-state index in [0.29, 0.717) is 11.6 Å². The lowest BCUT2D eigenvalue weighted by Crippen LogP contribution is -2.14. The van der Waals surface area contributed by atoms with Crippen LogP contribution in [0.15, 0.2) is 46.9 Å². The van der Waals surface area contributed by atoms with Crippen molar-refractivity contribution in [2.45, 2.75) is 19.8 Å². The fourth-order valence-electron chi connectivity index (χ4n) is 1.85. The first-order valence-corrected chi connectivity index (χ1v) is 7.13. The molecule has 1 N–H and O–H groups in total. The number of hydrogen-bond acceptors (Lipinski definition) is 1. The van der Waals surface area contributed by atoms with Gasteiger partial charge in [-0.3, -0.25) is 4.79 Å². The molecule has 0 heterocycles. The van der Waals surface area contributed by atoms with Crippen LogP contribution in [0.3, 0.4) is 0 Å². The summed E-state index contributed by atoms with van der Waals surface area (Å²) in [5.41, 5.74) is 1.81. The summed E-state index contributed by atoms with van der Waals surface area (Å²) in [6, 6.07) is 12.2. The number of benzene rings is 2. The highest BCUT2D eigenvalue weighted by atomic mass is 79.9. The van der Waals surface area contributed by atoms with E-state index in [9.17, 15) is 9.18 Å². The number of carbonyl (C=O) groups is 1. The Morgan fingerprint density at radius 1 is 1.20 bits per heavy atom. The van der Waals surface area contributed by atoms with Gasteiger partial charge in [-0.1, -0.05) is 32.0 Å². The number of hydrogen-bond donors (Lipinski definition) is 1. The van der Waals surface area contributed by atoms with Crippen molar-refractivity contribution in [2.75, 3.05) is 5.32 Å². The number of rotatable bonds is 3. The molecule has 0 aliphatic carbocycles. The summed E-state index contributed by atoms with van der Waals surface area (Å²) < 4.78 is 14.1. The third-order valence-corrected chi connectivity index (χ3v) is 3.62. The van der Waals surface area contributed by atoms with Crippen LogP contribution in [0.2, 0.25) is 0 Å². The van der Waals surface area contributed by atoms with Gasteiger partial charge in [-0.2, -0.15) is 0 Å². The minimum absolute atomic E-state index is 0.0225. The van der Waals surface area contributed by atoms with Gasteiger partial charge in [-0.25, -0.2) is 4.39 Å². The second-order valence-electron chi connectivity index (χ2n) is 4.84. The first-order valence-electron chi connectivity index (χ1n) is 6.34. The Kier molecular flexibility index (Phi) is 4.55. The Morgan fingerprint density at radius 3 is 2.60 bits per heavy atom. The van der Waals surface area contributed by atoms with Crippen molar-refractivity contribution in [1.29, 1.82) is 0 Å². The minimum Gasteiger partial charge on any atom is -0.322 e. The molecule has 4 heteroatoms. The largest absolute Gasteiger partial charge is 0.322 e. The summed E-state index contributed by atoms with van der Waals surface area (Å²) in [7, 11) is 0. The SMILES string of the molecule is CC(C)c1cccc(NC(=O)c2cccc(Br)c2F)c1. The van der Waals surface area contributed by atoms with E-state index < -0.39 is 11.7 Å². The molecule has 0 bridgehead atoms. The Bertz CT molecular complexity index is 640. The molecule has 2 aromatic rings. The van der Waals surface area contributed by atoms with Crippen LogP contribution in [0.4, 0.5) is 10.1 Å². The Morgan fingerprint density at radius 2 is 1.90 bits per heavy atom. The van der Waals surface area contributed by atoms with Crippen molar-refractivity contribution in [2.24, 2.45) is 0 Å². The van der Waals surface area contributed by atoms with Crippen LogP contribution in [0.5, 0.6) is 0 Å². The van der Waals surface area contributed by atoms with Gasteiger partial charge in [-0.15, -0.1) is 0 Å². The molecule has 20 heavy (non-hydrogen) atoms. The van der Waals surface area contributed by atoms with Crippen LogP contribution in [0, 0.1) is 5.82 Å². The van der Waals surface area contributed by atoms with E-state index in [0.717, 1.165) is 5.56 Å². The standard InChI is InChI=1S/C16H15BrFNO/c1-10(2)11-5-3-6-12(9-11)19-16(20)13-7-4-8-14(17)15(13)18/h3-10H,1-2H3,(H,19,20). The van der Waals surface area contributed by atoms with E-state index in [2.05, 4.69) is 35.1 Å². The lowest BCUT2D eigenvalue weighted by Gasteiger charge is -2.10. The van der Waals surface area contributed by atoms with Crippen molar-refractivity contribution in [3.63, 3.8) is 0 Å². The Balaban J connectivity index is 2.24. The fraction of sp³-hybridized carbons (Fsp3) is 0.188.